The largest absolute Gasteiger partial charge is 0.399 e. The Morgan fingerprint density at radius 3 is 2.44 bits per heavy atom. The van der Waals surface area contributed by atoms with Gasteiger partial charge in [-0.1, -0.05) is 12.1 Å². The number of nitrogens with one attached hydrogen (secondary N) is 1. The zero-order valence-electron chi connectivity index (χ0n) is 10.2. The van der Waals surface area contributed by atoms with Crippen LogP contribution in [0.5, 0.6) is 0 Å². The number of nitrogens with two attached hydrogens (primary N) is 1. The summed E-state index contributed by atoms with van der Waals surface area (Å²) in [6.45, 7) is 0.870. The van der Waals surface area contributed by atoms with Crippen LogP contribution in [-0.2, 0) is 6.42 Å². The fourth-order valence-corrected chi connectivity index (χ4v) is 1.44. The number of benzene rings is 1. The molecule has 0 amide bonds. The topological polar surface area (TPSA) is 53.6 Å². The molecule has 0 bridgehead atoms. The van der Waals surface area contributed by atoms with Crippen LogP contribution in [0.2, 0.25) is 0 Å². The third kappa shape index (κ3) is 3.81. The van der Waals surface area contributed by atoms with Crippen molar-refractivity contribution in [3.63, 3.8) is 0 Å². The van der Waals surface area contributed by atoms with E-state index in [9.17, 15) is 0 Å². The first-order valence-electron chi connectivity index (χ1n) is 5.36. The van der Waals surface area contributed by atoms with Crippen molar-refractivity contribution in [1.29, 1.82) is 0 Å². The normalized spacial score (nSPS) is 11.3. The van der Waals surface area contributed by atoms with E-state index in [1.807, 2.05) is 31.1 Å². The minimum atomic E-state index is 0.806. The molecule has 3 N–H and O–H groups in total. The van der Waals surface area contributed by atoms with Crippen LogP contribution in [0.25, 0.3) is 0 Å². The van der Waals surface area contributed by atoms with Gasteiger partial charge in [0.15, 0.2) is 5.96 Å². The van der Waals surface area contributed by atoms with Crippen LogP contribution < -0.4 is 11.1 Å². The maximum Gasteiger partial charge on any atom is 0.193 e. The van der Waals surface area contributed by atoms with E-state index in [1.54, 1.807) is 7.05 Å². The van der Waals surface area contributed by atoms with Gasteiger partial charge in [0.1, 0.15) is 0 Å². The molecule has 4 heteroatoms. The summed E-state index contributed by atoms with van der Waals surface area (Å²) in [7, 11) is 5.72. The number of hydrogen-bond acceptors (Lipinski definition) is 2. The maximum absolute atomic E-state index is 5.62. The average molecular weight is 220 g/mol. The van der Waals surface area contributed by atoms with E-state index in [0.29, 0.717) is 0 Å². The average Bonchev–Trinajstić information content (AvgIpc) is 2.26. The van der Waals surface area contributed by atoms with Crippen molar-refractivity contribution in [1.82, 2.24) is 10.2 Å². The van der Waals surface area contributed by atoms with E-state index in [-0.39, 0.29) is 0 Å². The van der Waals surface area contributed by atoms with E-state index in [2.05, 4.69) is 22.4 Å². The Labute approximate surface area is 97.2 Å². The predicted octanol–water partition coefficient (Wildman–Crippen LogP) is 0.948. The Morgan fingerprint density at radius 2 is 1.94 bits per heavy atom. The molecule has 0 atom stereocenters. The lowest BCUT2D eigenvalue weighted by Crippen LogP contribution is -2.37. The van der Waals surface area contributed by atoms with Gasteiger partial charge in [-0.25, -0.2) is 0 Å². The first kappa shape index (κ1) is 12.4. The Bertz CT molecular complexity index is 341. The van der Waals surface area contributed by atoms with Crippen molar-refractivity contribution >= 4 is 11.6 Å². The first-order chi connectivity index (χ1) is 7.63. The van der Waals surface area contributed by atoms with E-state index < -0.39 is 0 Å². The highest BCUT2D eigenvalue weighted by molar-refractivity contribution is 5.79. The predicted molar refractivity (Wildman–Crippen MR) is 69.6 cm³/mol. The second-order valence-electron chi connectivity index (χ2n) is 3.86. The molecule has 0 aliphatic rings. The van der Waals surface area contributed by atoms with Crippen LogP contribution in [0.15, 0.2) is 29.3 Å². The lowest BCUT2D eigenvalue weighted by molar-refractivity contribution is 0.583. The number of aliphatic imine (C=N–C) groups is 1. The molecular formula is C12H20N4. The van der Waals surface area contributed by atoms with Crippen molar-refractivity contribution in [2.45, 2.75) is 6.42 Å². The molecule has 0 spiro atoms. The van der Waals surface area contributed by atoms with Crippen LogP contribution in [-0.4, -0.2) is 38.5 Å². The van der Waals surface area contributed by atoms with Gasteiger partial charge in [-0.3, -0.25) is 4.99 Å². The van der Waals surface area contributed by atoms with Crippen molar-refractivity contribution in [3.8, 4) is 0 Å². The highest BCUT2D eigenvalue weighted by Gasteiger charge is 1.99. The zero-order valence-corrected chi connectivity index (χ0v) is 10.2. The van der Waals surface area contributed by atoms with Crippen molar-refractivity contribution in [2.24, 2.45) is 4.99 Å². The van der Waals surface area contributed by atoms with Crippen LogP contribution in [0.3, 0.4) is 0 Å². The summed E-state index contributed by atoms with van der Waals surface area (Å²) < 4.78 is 0. The molecule has 16 heavy (non-hydrogen) atoms. The summed E-state index contributed by atoms with van der Waals surface area (Å²) in [4.78, 5) is 6.11. The molecule has 0 heterocycles. The summed E-state index contributed by atoms with van der Waals surface area (Å²) in [6, 6.07) is 7.96. The van der Waals surface area contributed by atoms with Crippen LogP contribution >= 0.6 is 0 Å². The maximum atomic E-state index is 5.62. The lowest BCUT2D eigenvalue weighted by atomic mass is 10.1. The molecule has 0 aliphatic heterocycles. The number of guanidine groups is 1. The molecule has 1 rings (SSSR count). The van der Waals surface area contributed by atoms with Crippen molar-refractivity contribution in [2.75, 3.05) is 33.4 Å². The van der Waals surface area contributed by atoms with Gasteiger partial charge in [0.05, 0.1) is 0 Å². The summed E-state index contributed by atoms with van der Waals surface area (Å²) in [5.74, 6) is 0.899. The second-order valence-corrected chi connectivity index (χ2v) is 3.86. The Morgan fingerprint density at radius 1 is 1.31 bits per heavy atom. The lowest BCUT2D eigenvalue weighted by Gasteiger charge is -2.16. The summed E-state index contributed by atoms with van der Waals surface area (Å²) in [5.41, 5.74) is 7.70. The third-order valence-corrected chi connectivity index (χ3v) is 2.31. The second kappa shape index (κ2) is 6.00. The number of nitrogen functional groups attached to an aromatic ring is 1. The molecule has 0 saturated carbocycles. The number of hydrogen-bond donors (Lipinski definition) is 2. The molecule has 0 aromatic heterocycles. The fraction of sp³-hybridized carbons (Fsp3) is 0.417. The Balaban J connectivity index is 2.38. The van der Waals surface area contributed by atoms with Gasteiger partial charge in [0, 0.05) is 33.4 Å². The molecule has 0 radical (unpaired) electrons. The summed E-state index contributed by atoms with van der Waals surface area (Å²) >= 11 is 0. The monoisotopic (exact) mass is 220 g/mol. The van der Waals surface area contributed by atoms with Gasteiger partial charge in [-0.05, 0) is 24.1 Å². The number of nitrogens with zero attached hydrogens (tertiary/aromatic N) is 2. The molecule has 1 aromatic rings. The molecule has 0 fully saturated rings. The minimum absolute atomic E-state index is 0.806. The van der Waals surface area contributed by atoms with Crippen LogP contribution in [0.4, 0.5) is 5.69 Å². The number of anilines is 1. The SMILES string of the molecule is CN=C(NCCc1ccc(N)cc1)N(C)C. The van der Waals surface area contributed by atoms with Gasteiger partial charge in [0.2, 0.25) is 0 Å². The highest BCUT2D eigenvalue weighted by Crippen LogP contribution is 2.05. The quantitative estimate of drug-likeness (QED) is 0.453. The van der Waals surface area contributed by atoms with Gasteiger partial charge in [-0.2, -0.15) is 0 Å². The molecule has 1 aromatic carbocycles. The molecule has 0 saturated heterocycles. The van der Waals surface area contributed by atoms with E-state index in [1.165, 1.54) is 5.56 Å². The highest BCUT2D eigenvalue weighted by atomic mass is 15.3. The summed E-state index contributed by atoms with van der Waals surface area (Å²) in [6.07, 6.45) is 0.965. The molecule has 0 unspecified atom stereocenters. The standard InChI is InChI=1S/C12H20N4/c1-14-12(16(2)3)15-9-8-10-4-6-11(13)7-5-10/h4-7H,8-9,13H2,1-3H3,(H,14,15). The smallest absolute Gasteiger partial charge is 0.193 e. The minimum Gasteiger partial charge on any atom is -0.399 e. The van der Waals surface area contributed by atoms with Crippen LogP contribution in [0, 0.1) is 0 Å². The zero-order chi connectivity index (χ0) is 12.0. The van der Waals surface area contributed by atoms with Gasteiger partial charge in [0.25, 0.3) is 0 Å². The first-order valence-corrected chi connectivity index (χ1v) is 5.36. The van der Waals surface area contributed by atoms with Gasteiger partial charge in [-0.15, -0.1) is 0 Å². The van der Waals surface area contributed by atoms with E-state index >= 15 is 0 Å². The van der Waals surface area contributed by atoms with E-state index in [4.69, 9.17) is 5.73 Å². The molecular weight excluding hydrogens is 200 g/mol. The fourth-order valence-electron chi connectivity index (χ4n) is 1.44. The molecule has 0 aliphatic carbocycles. The number of rotatable bonds is 3. The third-order valence-electron chi connectivity index (χ3n) is 2.31. The molecule has 88 valence electrons. The summed E-state index contributed by atoms with van der Waals surface area (Å²) in [5, 5.41) is 3.28. The van der Waals surface area contributed by atoms with Crippen molar-refractivity contribution in [3.05, 3.63) is 29.8 Å². The Hall–Kier alpha value is -1.71. The van der Waals surface area contributed by atoms with Gasteiger partial charge < -0.3 is 16.0 Å². The molecule has 4 nitrogen and oxygen atoms in total. The Kier molecular flexibility index (Phi) is 4.64. The van der Waals surface area contributed by atoms with Crippen molar-refractivity contribution < 1.29 is 0 Å². The van der Waals surface area contributed by atoms with Crippen LogP contribution in [0.1, 0.15) is 5.56 Å². The van der Waals surface area contributed by atoms with Gasteiger partial charge >= 0.3 is 0 Å². The van der Waals surface area contributed by atoms with E-state index in [0.717, 1.165) is 24.6 Å².